The van der Waals surface area contributed by atoms with E-state index in [4.69, 9.17) is 0 Å². The monoisotopic (exact) mass is 301 g/mol. The van der Waals surface area contributed by atoms with Crippen molar-refractivity contribution in [2.45, 2.75) is 39.7 Å². The van der Waals surface area contributed by atoms with Crippen molar-refractivity contribution in [2.75, 3.05) is 6.54 Å². The molecule has 0 heterocycles. The number of nitrogens with one attached hydrogen (secondary N) is 1. The van der Waals surface area contributed by atoms with Crippen LogP contribution in [0.5, 0.6) is 0 Å². The number of hydrogen-bond acceptors (Lipinski definition) is 1. The molecule has 96 valence electrons. The van der Waals surface area contributed by atoms with Crippen molar-refractivity contribution in [1.29, 1.82) is 0 Å². The number of benzene rings is 1. The van der Waals surface area contributed by atoms with Gasteiger partial charge in [-0.2, -0.15) is 0 Å². The van der Waals surface area contributed by atoms with Gasteiger partial charge < -0.3 is 5.32 Å². The molecule has 0 fully saturated rings. The average Bonchev–Trinajstić information content (AvgIpc) is 2.28. The second kappa shape index (κ2) is 7.83. The van der Waals surface area contributed by atoms with E-state index < -0.39 is 0 Å². The SMILES string of the molecule is CC(C)CCCCNCc1cccc(F)c1Br. The van der Waals surface area contributed by atoms with E-state index in [1.807, 2.05) is 6.07 Å². The number of halogens is 2. The van der Waals surface area contributed by atoms with Crippen LogP contribution in [0.3, 0.4) is 0 Å². The third-order valence-corrected chi connectivity index (χ3v) is 3.62. The average molecular weight is 302 g/mol. The molecule has 0 saturated carbocycles. The molecule has 1 rings (SSSR count). The van der Waals surface area contributed by atoms with Crippen molar-refractivity contribution < 1.29 is 4.39 Å². The van der Waals surface area contributed by atoms with Crippen LogP contribution in [0.25, 0.3) is 0 Å². The molecule has 0 aliphatic rings. The molecule has 1 aromatic carbocycles. The van der Waals surface area contributed by atoms with E-state index in [9.17, 15) is 4.39 Å². The lowest BCUT2D eigenvalue weighted by atomic mass is 10.1. The molecule has 0 spiro atoms. The van der Waals surface area contributed by atoms with Gasteiger partial charge in [-0.3, -0.25) is 0 Å². The zero-order valence-electron chi connectivity index (χ0n) is 10.6. The highest BCUT2D eigenvalue weighted by atomic mass is 79.9. The number of unbranched alkanes of at least 4 members (excludes halogenated alkanes) is 1. The predicted octanol–water partition coefficient (Wildman–Crippen LogP) is 4.50. The van der Waals surface area contributed by atoms with E-state index in [2.05, 4.69) is 35.1 Å². The van der Waals surface area contributed by atoms with Gasteiger partial charge in [-0.15, -0.1) is 0 Å². The molecule has 1 aromatic rings. The van der Waals surface area contributed by atoms with Crippen LogP contribution < -0.4 is 5.32 Å². The van der Waals surface area contributed by atoms with Crippen molar-refractivity contribution >= 4 is 15.9 Å². The first-order valence-electron chi connectivity index (χ1n) is 6.25. The van der Waals surface area contributed by atoms with E-state index in [1.54, 1.807) is 6.07 Å². The van der Waals surface area contributed by atoms with E-state index in [-0.39, 0.29) is 5.82 Å². The van der Waals surface area contributed by atoms with Crippen LogP contribution in [0.2, 0.25) is 0 Å². The third-order valence-electron chi connectivity index (χ3n) is 2.73. The minimum atomic E-state index is -0.191. The summed E-state index contributed by atoms with van der Waals surface area (Å²) in [7, 11) is 0. The summed E-state index contributed by atoms with van der Waals surface area (Å²) >= 11 is 3.27. The topological polar surface area (TPSA) is 12.0 Å². The lowest BCUT2D eigenvalue weighted by molar-refractivity contribution is 0.520. The molecule has 0 aliphatic carbocycles. The highest BCUT2D eigenvalue weighted by Gasteiger charge is 2.03. The van der Waals surface area contributed by atoms with Crippen molar-refractivity contribution in [3.8, 4) is 0 Å². The van der Waals surface area contributed by atoms with Gasteiger partial charge in [-0.05, 0) is 46.4 Å². The molecule has 0 aliphatic heterocycles. The molecule has 17 heavy (non-hydrogen) atoms. The Balaban J connectivity index is 2.20. The summed E-state index contributed by atoms with van der Waals surface area (Å²) < 4.78 is 13.8. The van der Waals surface area contributed by atoms with Gasteiger partial charge in [0.05, 0.1) is 4.47 Å². The van der Waals surface area contributed by atoms with E-state index in [0.29, 0.717) is 4.47 Å². The fourth-order valence-corrected chi connectivity index (χ4v) is 2.12. The van der Waals surface area contributed by atoms with Gasteiger partial charge in [0.25, 0.3) is 0 Å². The molecule has 1 N–H and O–H groups in total. The van der Waals surface area contributed by atoms with E-state index in [0.717, 1.165) is 24.6 Å². The first kappa shape index (κ1) is 14.7. The molecule has 0 bridgehead atoms. The fourth-order valence-electron chi connectivity index (χ4n) is 1.71. The van der Waals surface area contributed by atoms with Crippen LogP contribution in [0.15, 0.2) is 22.7 Å². The zero-order valence-corrected chi connectivity index (χ0v) is 12.2. The maximum absolute atomic E-state index is 13.2. The standard InChI is InChI=1S/C14H21BrFN/c1-11(2)6-3-4-9-17-10-12-7-5-8-13(16)14(12)15/h5,7-8,11,17H,3-4,6,9-10H2,1-2H3. The Morgan fingerprint density at radius 2 is 2.06 bits per heavy atom. The first-order chi connectivity index (χ1) is 8.11. The Morgan fingerprint density at radius 3 is 2.76 bits per heavy atom. The molecule has 0 radical (unpaired) electrons. The summed E-state index contributed by atoms with van der Waals surface area (Å²) in [5.41, 5.74) is 0.980. The molecule has 3 heteroatoms. The fraction of sp³-hybridized carbons (Fsp3) is 0.571. The van der Waals surface area contributed by atoms with Crippen molar-refractivity contribution in [3.05, 3.63) is 34.1 Å². The molecular formula is C14H21BrFN. The predicted molar refractivity (Wildman–Crippen MR) is 74.5 cm³/mol. The summed E-state index contributed by atoms with van der Waals surface area (Å²) in [6, 6.07) is 5.15. The van der Waals surface area contributed by atoms with Crippen molar-refractivity contribution in [2.24, 2.45) is 5.92 Å². The van der Waals surface area contributed by atoms with Gasteiger partial charge in [0, 0.05) is 6.54 Å². The van der Waals surface area contributed by atoms with Crippen LogP contribution in [0, 0.1) is 11.7 Å². The van der Waals surface area contributed by atoms with Gasteiger partial charge in [0.1, 0.15) is 5.82 Å². The molecule has 0 aromatic heterocycles. The lowest BCUT2D eigenvalue weighted by Crippen LogP contribution is -2.15. The highest BCUT2D eigenvalue weighted by Crippen LogP contribution is 2.20. The first-order valence-corrected chi connectivity index (χ1v) is 7.04. The van der Waals surface area contributed by atoms with Crippen LogP contribution in [-0.4, -0.2) is 6.54 Å². The molecule has 0 unspecified atom stereocenters. The van der Waals surface area contributed by atoms with Crippen molar-refractivity contribution in [3.63, 3.8) is 0 Å². The third kappa shape index (κ3) is 5.64. The number of rotatable bonds is 7. The Morgan fingerprint density at radius 1 is 1.29 bits per heavy atom. The maximum Gasteiger partial charge on any atom is 0.137 e. The Kier molecular flexibility index (Phi) is 6.75. The molecule has 1 nitrogen and oxygen atoms in total. The van der Waals surface area contributed by atoms with Crippen LogP contribution in [0.1, 0.15) is 38.7 Å². The van der Waals surface area contributed by atoms with Gasteiger partial charge in [0.15, 0.2) is 0 Å². The molecular weight excluding hydrogens is 281 g/mol. The summed E-state index contributed by atoms with van der Waals surface area (Å²) in [6.45, 7) is 6.21. The molecule has 0 atom stereocenters. The summed E-state index contributed by atoms with van der Waals surface area (Å²) in [4.78, 5) is 0. The Labute approximate surface area is 112 Å². The van der Waals surface area contributed by atoms with Crippen LogP contribution in [0.4, 0.5) is 4.39 Å². The van der Waals surface area contributed by atoms with E-state index >= 15 is 0 Å². The number of hydrogen-bond donors (Lipinski definition) is 1. The minimum Gasteiger partial charge on any atom is -0.313 e. The quantitative estimate of drug-likeness (QED) is 0.731. The summed E-state index contributed by atoms with van der Waals surface area (Å²) in [5.74, 6) is 0.594. The zero-order chi connectivity index (χ0) is 12.7. The lowest BCUT2D eigenvalue weighted by Gasteiger charge is -2.08. The van der Waals surface area contributed by atoms with Crippen LogP contribution in [-0.2, 0) is 6.54 Å². The van der Waals surface area contributed by atoms with Crippen LogP contribution >= 0.6 is 15.9 Å². The normalized spacial score (nSPS) is 11.1. The summed E-state index contributed by atoms with van der Waals surface area (Å²) in [6.07, 6.45) is 3.73. The Hall–Kier alpha value is -0.410. The minimum absolute atomic E-state index is 0.191. The van der Waals surface area contributed by atoms with Gasteiger partial charge in [-0.25, -0.2) is 4.39 Å². The van der Waals surface area contributed by atoms with E-state index in [1.165, 1.54) is 25.3 Å². The highest BCUT2D eigenvalue weighted by molar-refractivity contribution is 9.10. The second-order valence-electron chi connectivity index (χ2n) is 4.78. The Bertz CT molecular complexity index is 339. The summed E-state index contributed by atoms with van der Waals surface area (Å²) in [5, 5.41) is 3.35. The molecule has 0 saturated heterocycles. The second-order valence-corrected chi connectivity index (χ2v) is 5.57. The van der Waals surface area contributed by atoms with Gasteiger partial charge >= 0.3 is 0 Å². The van der Waals surface area contributed by atoms with Crippen molar-refractivity contribution in [1.82, 2.24) is 5.32 Å². The smallest absolute Gasteiger partial charge is 0.137 e. The largest absolute Gasteiger partial charge is 0.313 e. The van der Waals surface area contributed by atoms with Gasteiger partial charge in [0.2, 0.25) is 0 Å². The van der Waals surface area contributed by atoms with Gasteiger partial charge in [-0.1, -0.05) is 38.8 Å². The molecule has 0 amide bonds. The maximum atomic E-state index is 13.2.